The predicted octanol–water partition coefficient (Wildman–Crippen LogP) is 19.5. The molecule has 0 spiro atoms. The van der Waals surface area contributed by atoms with Crippen molar-refractivity contribution in [2.75, 3.05) is 18.1 Å². The first-order chi connectivity index (χ1) is 37.6. The van der Waals surface area contributed by atoms with Crippen molar-refractivity contribution in [3.8, 4) is 0 Å². The molecule has 0 radical (unpaired) electrons. The molecular formula is C45H39AgBr6F12I2N4O9S4-. The molecule has 0 bridgehead atoms. The van der Waals surface area contributed by atoms with E-state index in [0.29, 0.717) is 0 Å². The molecular weight excluding hydrogens is 1940 g/mol. The summed E-state index contributed by atoms with van der Waals surface area (Å²) < 4.78 is 225. The third kappa shape index (κ3) is 31.2. The smallest absolute Gasteiger partial charge is 0.373 e. The molecule has 6 rings (SSSR count). The Morgan fingerprint density at radius 2 is 0.687 bits per heavy atom. The number of nitrogens with one attached hydrogen (secondary N) is 1. The van der Waals surface area contributed by atoms with Crippen LogP contribution in [0.15, 0.2) is 175 Å². The van der Waals surface area contributed by atoms with E-state index in [2.05, 4.69) is 283 Å². The normalized spacial score (nSPS) is 11.5. The van der Waals surface area contributed by atoms with Gasteiger partial charge < -0.3 is 22.2 Å². The van der Waals surface area contributed by atoms with Gasteiger partial charge >= 0.3 is 77.3 Å². The summed E-state index contributed by atoms with van der Waals surface area (Å²) in [7, 11) is -22.7. The summed E-state index contributed by atoms with van der Waals surface area (Å²) >= 11 is 27.1. The van der Waals surface area contributed by atoms with Gasteiger partial charge in [0.1, 0.15) is 17.1 Å². The molecule has 6 aromatic carbocycles. The number of nitrogens with zero attached hydrogens (tertiary/aromatic N) is 3. The van der Waals surface area contributed by atoms with Crippen LogP contribution in [0.1, 0.15) is 21.3 Å². The van der Waals surface area contributed by atoms with Gasteiger partial charge in [0.2, 0.25) is 0 Å². The zero-order valence-corrected chi connectivity index (χ0v) is 58.9. The number of hydrogen-bond donors (Lipinski definition) is 1. The van der Waals surface area contributed by atoms with Gasteiger partial charge in [-0.05, 0) is 123 Å². The SMILES string of the molecule is Brc1ccc(N(c2ccc(Br)cc2)c2ccc(Br)cc2)cc1.Brc1ccc([NH+](c2ccc(Br)cc2)c2ccc(Br)cc2)cc1.C.CCOCC.II.O=S(=O)([N-]S(=O)(=O)C(F)(F)F)C(F)(F)F.O=S(=O)([N]=[Ag])C(F)(F)F.O=[S-](=O)C(F)(F)F. The van der Waals surface area contributed by atoms with Crippen LogP contribution in [0.25, 0.3) is 4.13 Å². The fraction of sp³-hybridized carbons (Fsp3) is 0.200. The molecule has 83 heavy (non-hydrogen) atoms. The van der Waals surface area contributed by atoms with Crippen LogP contribution in [0.3, 0.4) is 0 Å². The summed E-state index contributed by atoms with van der Waals surface area (Å²) in [5, 5.41) is 0. The molecule has 0 fully saturated rings. The summed E-state index contributed by atoms with van der Waals surface area (Å²) in [6.45, 7) is 5.67. The van der Waals surface area contributed by atoms with E-state index < -0.39 is 62.8 Å². The number of rotatable bonds is 11. The Hall–Kier alpha value is -1.16. The van der Waals surface area contributed by atoms with E-state index in [4.69, 9.17) is 13.2 Å². The number of alkyl halides is 12. The molecule has 13 nitrogen and oxygen atoms in total. The van der Waals surface area contributed by atoms with E-state index in [1.54, 1.807) is 0 Å². The first-order valence-electron chi connectivity index (χ1n) is 20.7. The molecule has 0 amide bonds. The maximum absolute atomic E-state index is 11.4. The topological polar surface area (TPSA) is 180 Å². The van der Waals surface area contributed by atoms with Crippen LogP contribution in [0, 0.1) is 0 Å². The Morgan fingerprint density at radius 3 is 0.819 bits per heavy atom. The largest absolute Gasteiger partial charge is 0.416 e. The molecule has 38 heteroatoms. The van der Waals surface area contributed by atoms with E-state index >= 15 is 0 Å². The van der Waals surface area contributed by atoms with Crippen LogP contribution in [0.5, 0.6) is 0 Å². The Balaban J connectivity index is 0. The average Bonchev–Trinajstić information content (AvgIpc) is 3.60. The molecule has 0 saturated heterocycles. The Bertz CT molecular complexity index is 2910. The number of benzene rings is 6. The first-order valence-corrected chi connectivity index (χ1v) is 37.8. The molecule has 0 aliphatic rings. The maximum Gasteiger partial charge on any atom is 0.373 e. The molecule has 0 aliphatic heterocycles. The second-order valence-electron chi connectivity index (χ2n) is 14.0. The van der Waals surface area contributed by atoms with Crippen molar-refractivity contribution in [2.45, 2.75) is 43.3 Å². The molecule has 469 valence electrons. The summed E-state index contributed by atoms with van der Waals surface area (Å²) in [5.41, 5.74) is -15.8. The van der Waals surface area contributed by atoms with E-state index in [9.17, 15) is 77.9 Å². The molecule has 0 saturated carbocycles. The molecule has 0 aromatic heterocycles. The van der Waals surface area contributed by atoms with Crippen LogP contribution >= 0.6 is 133 Å². The van der Waals surface area contributed by atoms with Gasteiger partial charge in [-0.1, -0.05) is 103 Å². The average molecular weight is 1980 g/mol. The fourth-order valence-electron chi connectivity index (χ4n) is 5.02. The molecule has 0 aliphatic carbocycles. The van der Waals surface area contributed by atoms with Gasteiger partial charge in [-0.25, -0.2) is 21.7 Å². The minimum atomic E-state index is -6.72. The van der Waals surface area contributed by atoms with Crippen molar-refractivity contribution in [1.82, 2.24) is 0 Å². The maximum atomic E-state index is 11.4. The van der Waals surface area contributed by atoms with Gasteiger partial charge in [0.05, 0.1) is 0 Å². The third-order valence-corrected chi connectivity index (χ3v) is 16.5. The summed E-state index contributed by atoms with van der Waals surface area (Å²) in [5.74, 6) is 0. The Kier molecular flexibility index (Phi) is 39.5. The van der Waals surface area contributed by atoms with Gasteiger partial charge in [0, 0.05) is 141 Å². The number of sulfonamides is 3. The zero-order chi connectivity index (χ0) is 63.7. The fourth-order valence-corrected chi connectivity index (χ4v) is 8.83. The number of ether oxygens (including phenoxy) is 1. The van der Waals surface area contributed by atoms with Crippen molar-refractivity contribution in [3.63, 3.8) is 0 Å². The van der Waals surface area contributed by atoms with E-state index in [0.717, 1.165) is 61.2 Å². The molecule has 0 heterocycles. The standard InChI is InChI=1S/2C18H12Br3N.C4H10O.C2F6NO4S2.CF3NO2S.CF3O2S.CH4.Ag.I2/c2*19-13-1-7-16(8-2-13)22(17-9-3-14(20)4-10-17)18-11-5-15(21)6-12-18;1-3-5-4-2;3-1(4,5)14(10,11)9-15(12,13)2(6,7)8;2-1(3,4)8(5,6)7;2-1(3,4)7(5)6;;;1-2/h2*1-12H;3-4H2,1-2H3;;;;1H4;;/q;;;-1;;-1;;;/p+1. The van der Waals surface area contributed by atoms with Gasteiger partial charge in [0.15, 0.2) is 20.0 Å². The third-order valence-electron chi connectivity index (χ3n) is 8.40. The van der Waals surface area contributed by atoms with E-state index in [1.165, 1.54) is 22.0 Å². The summed E-state index contributed by atoms with van der Waals surface area (Å²) in [6.07, 6.45) is 0. The minimum Gasteiger partial charge on any atom is -0.416 e. The Morgan fingerprint density at radius 1 is 0.482 bits per heavy atom. The van der Waals surface area contributed by atoms with Gasteiger partial charge in [-0.2, -0.15) is 39.5 Å². The molecule has 1 N–H and O–H groups in total. The molecule has 6 aromatic rings. The first kappa shape index (κ1) is 83.9. The summed E-state index contributed by atoms with van der Waals surface area (Å²) in [4.78, 5) is 3.46. The van der Waals surface area contributed by atoms with Crippen molar-refractivity contribution >= 4 is 208 Å². The van der Waals surface area contributed by atoms with Crippen molar-refractivity contribution < 1.29 is 117 Å². The van der Waals surface area contributed by atoms with Crippen LogP contribution < -0.4 is 9.80 Å². The van der Waals surface area contributed by atoms with E-state index in [1.807, 2.05) is 37.5 Å². The van der Waals surface area contributed by atoms with Crippen LogP contribution in [0.2, 0.25) is 0 Å². The Labute approximate surface area is 558 Å². The number of quaternary nitrogens is 1. The molecule has 0 atom stereocenters. The van der Waals surface area contributed by atoms with Gasteiger partial charge in [-0.3, -0.25) is 0 Å². The minimum absolute atomic E-state index is 0. The number of halogens is 20. The number of anilines is 3. The van der Waals surface area contributed by atoms with Crippen LogP contribution in [0.4, 0.5) is 86.8 Å². The summed E-state index contributed by atoms with van der Waals surface area (Å²) in [6, 6.07) is 50.3. The monoisotopic (exact) mass is 1970 g/mol. The molecule has 0 unspecified atom stereocenters. The van der Waals surface area contributed by atoms with Crippen LogP contribution in [-0.2, 0) is 74.8 Å². The van der Waals surface area contributed by atoms with Crippen molar-refractivity contribution in [2.24, 2.45) is 2.74 Å². The second kappa shape index (κ2) is 39.1. The zero-order valence-electron chi connectivity index (χ0n) is 40.3. The van der Waals surface area contributed by atoms with E-state index in [-0.39, 0.29) is 7.43 Å². The van der Waals surface area contributed by atoms with Gasteiger partial charge in [0.25, 0.3) is 0 Å². The van der Waals surface area contributed by atoms with Gasteiger partial charge in [-0.15, -0.1) is 0 Å². The predicted molar refractivity (Wildman–Crippen MR) is 329 cm³/mol. The van der Waals surface area contributed by atoms with Crippen molar-refractivity contribution in [1.29, 1.82) is 0 Å². The second-order valence-corrected chi connectivity index (χ2v) is 26.2. The quantitative estimate of drug-likeness (QED) is 0.0568. The van der Waals surface area contributed by atoms with Crippen LogP contribution in [-0.4, -0.2) is 60.5 Å². The van der Waals surface area contributed by atoms with Crippen molar-refractivity contribution in [3.05, 3.63) is 177 Å². The number of hydrogen-bond acceptors (Lipinski definition) is 11.